The topological polar surface area (TPSA) is 94.2 Å². The van der Waals surface area contributed by atoms with E-state index in [1.54, 1.807) is 6.07 Å². The lowest BCUT2D eigenvalue weighted by Crippen LogP contribution is -2.45. The third-order valence-electron chi connectivity index (χ3n) is 3.29. The van der Waals surface area contributed by atoms with Crippen LogP contribution in [0.1, 0.15) is 5.56 Å². The van der Waals surface area contributed by atoms with E-state index >= 15 is 0 Å². The van der Waals surface area contributed by atoms with Gasteiger partial charge in [0.2, 0.25) is 0 Å². The first-order chi connectivity index (χ1) is 9.70. The molecule has 0 spiro atoms. The number of nitro groups is 1. The molecule has 1 heterocycles. The number of non-ortho nitro benzene ring substituents is 1. The van der Waals surface area contributed by atoms with Gasteiger partial charge in [-0.05, 0) is 6.07 Å². The largest absolute Gasteiger partial charge is 0.383 e. The average molecular weight is 275 g/mol. The molecule has 1 aliphatic rings. The maximum absolute atomic E-state index is 10.7. The zero-order valence-electron chi connectivity index (χ0n) is 11.1. The molecule has 0 radical (unpaired) electrons. The smallest absolute Gasteiger partial charge is 0.270 e. The normalized spacial score (nSPS) is 15.6. The van der Waals surface area contributed by atoms with E-state index < -0.39 is 4.92 Å². The highest BCUT2D eigenvalue weighted by atomic mass is 16.6. The fraction of sp³-hybridized carbons (Fsp3) is 0.462. The Morgan fingerprint density at radius 1 is 1.45 bits per heavy atom. The van der Waals surface area contributed by atoms with Crippen LogP contribution >= 0.6 is 0 Å². The number of piperazine rings is 1. The number of anilines is 1. The molecule has 0 bridgehead atoms. The molecule has 20 heavy (non-hydrogen) atoms. The van der Waals surface area contributed by atoms with Crippen molar-refractivity contribution in [3.63, 3.8) is 0 Å². The van der Waals surface area contributed by atoms with Gasteiger partial charge in [0.15, 0.2) is 0 Å². The van der Waals surface area contributed by atoms with Crippen LogP contribution in [0.2, 0.25) is 0 Å². The number of nitrogens with one attached hydrogen (secondary N) is 2. The van der Waals surface area contributed by atoms with Crippen LogP contribution in [0.5, 0.6) is 0 Å². The summed E-state index contributed by atoms with van der Waals surface area (Å²) in [6.07, 6.45) is 0. The van der Waals surface area contributed by atoms with Gasteiger partial charge >= 0.3 is 0 Å². The number of benzene rings is 1. The summed E-state index contributed by atoms with van der Waals surface area (Å²) in [5, 5.41) is 26.2. The predicted molar refractivity (Wildman–Crippen MR) is 75.6 cm³/mol. The Balaban J connectivity index is 1.92. The quantitative estimate of drug-likeness (QED) is 0.609. The molecule has 1 aromatic carbocycles. The molecule has 0 unspecified atom stereocenters. The van der Waals surface area contributed by atoms with E-state index in [4.69, 9.17) is 5.26 Å². The van der Waals surface area contributed by atoms with Crippen molar-refractivity contribution in [1.82, 2.24) is 10.2 Å². The molecule has 7 heteroatoms. The summed E-state index contributed by atoms with van der Waals surface area (Å²) in [5.74, 6) is 0. The summed E-state index contributed by atoms with van der Waals surface area (Å²) in [7, 11) is 0. The van der Waals surface area contributed by atoms with Crippen molar-refractivity contribution < 1.29 is 4.92 Å². The monoisotopic (exact) mass is 275 g/mol. The first kappa shape index (κ1) is 14.2. The lowest BCUT2D eigenvalue weighted by atomic mass is 10.1. The molecule has 2 N–H and O–H groups in total. The zero-order chi connectivity index (χ0) is 14.4. The Morgan fingerprint density at radius 2 is 2.20 bits per heavy atom. The van der Waals surface area contributed by atoms with E-state index in [2.05, 4.69) is 15.5 Å². The first-order valence-corrected chi connectivity index (χ1v) is 6.56. The number of nitriles is 1. The molecule has 7 nitrogen and oxygen atoms in total. The molecule has 1 aromatic rings. The minimum atomic E-state index is -0.495. The van der Waals surface area contributed by atoms with E-state index in [0.29, 0.717) is 17.8 Å². The lowest BCUT2D eigenvalue weighted by molar-refractivity contribution is -0.384. The molecule has 0 atom stereocenters. The molecule has 1 saturated heterocycles. The van der Waals surface area contributed by atoms with Crippen LogP contribution in [0.15, 0.2) is 18.2 Å². The Hall–Kier alpha value is -2.17. The van der Waals surface area contributed by atoms with Gasteiger partial charge in [-0.15, -0.1) is 0 Å². The number of hydrogen-bond acceptors (Lipinski definition) is 6. The summed E-state index contributed by atoms with van der Waals surface area (Å²) in [4.78, 5) is 12.5. The van der Waals surface area contributed by atoms with Gasteiger partial charge in [0.25, 0.3) is 5.69 Å². The highest BCUT2D eigenvalue weighted by Crippen LogP contribution is 2.21. The van der Waals surface area contributed by atoms with Crippen molar-refractivity contribution in [1.29, 1.82) is 5.26 Å². The third kappa shape index (κ3) is 3.66. The fourth-order valence-corrected chi connectivity index (χ4v) is 2.18. The summed E-state index contributed by atoms with van der Waals surface area (Å²) < 4.78 is 0. The van der Waals surface area contributed by atoms with Crippen LogP contribution in [0.4, 0.5) is 11.4 Å². The van der Waals surface area contributed by atoms with Crippen molar-refractivity contribution in [2.24, 2.45) is 0 Å². The van der Waals surface area contributed by atoms with E-state index in [0.717, 1.165) is 32.7 Å². The second-order valence-corrected chi connectivity index (χ2v) is 4.62. The van der Waals surface area contributed by atoms with E-state index in [-0.39, 0.29) is 5.69 Å². The van der Waals surface area contributed by atoms with Gasteiger partial charge in [-0.2, -0.15) is 5.26 Å². The van der Waals surface area contributed by atoms with Gasteiger partial charge in [-0.1, -0.05) is 0 Å². The van der Waals surface area contributed by atoms with E-state index in [9.17, 15) is 10.1 Å². The summed E-state index contributed by atoms with van der Waals surface area (Å²) in [6.45, 7) is 5.65. The van der Waals surface area contributed by atoms with Crippen LogP contribution in [0.25, 0.3) is 0 Å². The average Bonchev–Trinajstić information content (AvgIpc) is 2.48. The molecule has 0 saturated carbocycles. The molecule has 0 aliphatic carbocycles. The Morgan fingerprint density at radius 3 is 2.85 bits per heavy atom. The second-order valence-electron chi connectivity index (χ2n) is 4.62. The van der Waals surface area contributed by atoms with Crippen molar-refractivity contribution >= 4 is 11.4 Å². The molecule has 1 fully saturated rings. The molecular formula is C13H17N5O2. The van der Waals surface area contributed by atoms with Crippen LogP contribution in [-0.4, -0.2) is 49.1 Å². The second kappa shape index (κ2) is 6.84. The Labute approximate surface area is 117 Å². The minimum Gasteiger partial charge on any atom is -0.383 e. The van der Waals surface area contributed by atoms with Crippen LogP contribution < -0.4 is 10.6 Å². The van der Waals surface area contributed by atoms with Gasteiger partial charge in [-0.25, -0.2) is 0 Å². The number of rotatable bonds is 5. The van der Waals surface area contributed by atoms with Gasteiger partial charge in [0.05, 0.1) is 16.2 Å². The molecule has 1 aliphatic heterocycles. The standard InChI is InChI=1S/C13H17N5O2/c14-10-11-9-12(18(19)20)1-2-13(11)16-5-8-17-6-3-15-4-7-17/h1-2,9,15-16H,3-8H2. The van der Waals surface area contributed by atoms with E-state index in [1.165, 1.54) is 12.1 Å². The first-order valence-electron chi connectivity index (χ1n) is 6.56. The predicted octanol–water partition coefficient (Wildman–Crippen LogP) is 0.784. The Bertz CT molecular complexity index is 520. The van der Waals surface area contributed by atoms with Crippen molar-refractivity contribution in [3.05, 3.63) is 33.9 Å². The highest BCUT2D eigenvalue weighted by molar-refractivity contribution is 5.61. The van der Waals surface area contributed by atoms with Crippen LogP contribution in [-0.2, 0) is 0 Å². The van der Waals surface area contributed by atoms with Crippen LogP contribution in [0.3, 0.4) is 0 Å². The summed E-state index contributed by atoms with van der Waals surface area (Å²) in [6, 6.07) is 6.29. The maximum atomic E-state index is 10.7. The zero-order valence-corrected chi connectivity index (χ0v) is 11.1. The molecule has 2 rings (SSSR count). The van der Waals surface area contributed by atoms with Gasteiger partial charge in [0, 0.05) is 51.4 Å². The number of nitrogens with zero attached hydrogens (tertiary/aromatic N) is 3. The van der Waals surface area contributed by atoms with Crippen LogP contribution in [0, 0.1) is 21.4 Å². The lowest BCUT2D eigenvalue weighted by Gasteiger charge is -2.27. The van der Waals surface area contributed by atoms with E-state index in [1.807, 2.05) is 6.07 Å². The van der Waals surface area contributed by atoms with Gasteiger partial charge < -0.3 is 10.6 Å². The fourth-order valence-electron chi connectivity index (χ4n) is 2.18. The third-order valence-corrected chi connectivity index (χ3v) is 3.29. The van der Waals surface area contributed by atoms with Crippen molar-refractivity contribution in [2.45, 2.75) is 0 Å². The summed E-state index contributed by atoms with van der Waals surface area (Å²) >= 11 is 0. The number of nitro benzene ring substituents is 1. The summed E-state index contributed by atoms with van der Waals surface area (Å²) in [5.41, 5.74) is 0.891. The number of hydrogen-bond donors (Lipinski definition) is 2. The molecule has 0 aromatic heterocycles. The molecular weight excluding hydrogens is 258 g/mol. The van der Waals surface area contributed by atoms with Crippen molar-refractivity contribution in [3.8, 4) is 6.07 Å². The highest BCUT2D eigenvalue weighted by Gasteiger charge is 2.11. The Kier molecular flexibility index (Phi) is 4.87. The molecule has 0 amide bonds. The SMILES string of the molecule is N#Cc1cc([N+](=O)[O-])ccc1NCCN1CCNCC1. The van der Waals surface area contributed by atoms with Crippen molar-refractivity contribution in [2.75, 3.05) is 44.6 Å². The van der Waals surface area contributed by atoms with Gasteiger partial charge in [-0.3, -0.25) is 15.0 Å². The maximum Gasteiger partial charge on any atom is 0.270 e. The minimum absolute atomic E-state index is 0.0609. The molecule has 106 valence electrons. The van der Waals surface area contributed by atoms with Gasteiger partial charge in [0.1, 0.15) is 6.07 Å².